The van der Waals surface area contributed by atoms with Gasteiger partial charge in [0, 0.05) is 60.7 Å². The summed E-state index contributed by atoms with van der Waals surface area (Å²) in [5.41, 5.74) is 0.413. The van der Waals surface area contributed by atoms with E-state index in [0.29, 0.717) is 37.0 Å². The molecule has 3 aromatic rings. The van der Waals surface area contributed by atoms with Crippen molar-refractivity contribution in [2.24, 2.45) is 0 Å². The normalized spacial score (nSPS) is 20.1. The van der Waals surface area contributed by atoms with Crippen LogP contribution in [0.1, 0.15) is 83.0 Å². The number of amides is 1. The molecule has 45 heavy (non-hydrogen) atoms. The number of carboxylic acids is 1. The van der Waals surface area contributed by atoms with Crippen molar-refractivity contribution in [1.82, 2.24) is 30.0 Å². The molecular weight excluding hydrogens is 615 g/mol. The Hall–Kier alpha value is -3.75. The van der Waals surface area contributed by atoms with Crippen LogP contribution in [-0.2, 0) is 23.9 Å². The molecule has 242 valence electrons. The number of halogens is 4. The summed E-state index contributed by atoms with van der Waals surface area (Å²) in [7, 11) is 0. The molecule has 2 N–H and O–H groups in total. The molecule has 4 heterocycles. The maximum Gasteiger partial charge on any atom is 0.417 e. The fourth-order valence-electron chi connectivity index (χ4n) is 5.70. The summed E-state index contributed by atoms with van der Waals surface area (Å²) in [6.07, 6.45) is -0.942. The Kier molecular flexibility index (Phi) is 9.38. The number of carbonyl (C=O) groups excluding carboxylic acids is 1. The summed E-state index contributed by atoms with van der Waals surface area (Å²) in [6, 6.07) is 2.22. The lowest BCUT2D eigenvalue weighted by Gasteiger charge is -2.33. The first-order chi connectivity index (χ1) is 21.3. The zero-order chi connectivity index (χ0) is 32.6. The molecule has 1 unspecified atom stereocenters. The van der Waals surface area contributed by atoms with Crippen molar-refractivity contribution >= 4 is 29.4 Å². The molecule has 0 aliphatic carbocycles. The van der Waals surface area contributed by atoms with Crippen LogP contribution in [0.5, 0.6) is 0 Å². The molecule has 1 saturated heterocycles. The van der Waals surface area contributed by atoms with E-state index in [1.165, 1.54) is 15.6 Å². The smallest absolute Gasteiger partial charge is 0.417 e. The molecule has 2 aromatic heterocycles. The van der Waals surface area contributed by atoms with Gasteiger partial charge >= 0.3 is 12.1 Å². The minimum absolute atomic E-state index is 0.0592. The summed E-state index contributed by atoms with van der Waals surface area (Å²) in [5.74, 6) is -1.22. The number of morpholine rings is 1. The number of hydrogen-bond acceptors (Lipinski definition) is 8. The number of anilines is 1. The van der Waals surface area contributed by atoms with E-state index in [4.69, 9.17) is 16.3 Å². The van der Waals surface area contributed by atoms with Crippen LogP contribution >= 0.6 is 11.6 Å². The molecule has 0 bridgehead atoms. The van der Waals surface area contributed by atoms with Gasteiger partial charge in [-0.3, -0.25) is 9.48 Å². The summed E-state index contributed by atoms with van der Waals surface area (Å²) in [5, 5.41) is 17.7. The van der Waals surface area contributed by atoms with Crippen molar-refractivity contribution < 1.29 is 32.6 Å². The second-order valence-electron chi connectivity index (χ2n) is 11.6. The highest BCUT2D eigenvalue weighted by Gasteiger charge is 2.37. The van der Waals surface area contributed by atoms with Gasteiger partial charge < -0.3 is 25.0 Å². The van der Waals surface area contributed by atoms with Crippen LogP contribution < -0.4 is 10.2 Å². The first-order valence-electron chi connectivity index (χ1n) is 14.7. The largest absolute Gasteiger partial charge is 0.477 e. The number of aromatic nitrogens is 4. The van der Waals surface area contributed by atoms with Gasteiger partial charge in [0.25, 0.3) is 5.91 Å². The standard InChI is InChI=1S/C30H35ClF3N7O4/c1-16-9-25-22(14-40(16)27(42)20-5-6-24(31)23(10-20)30(32,33)34)26(28(43)44)41(38-25)17(2)11-35-19(4)21-12-36-29(37-13-21)39-7-8-45-15-18(39)3/h5-6,10,12-13,16-19,35H,7-9,11,14-15H2,1-4H3,(H,43,44)/t16-,17-,18+,19?/m1/s1. The minimum atomic E-state index is -4.73. The average molecular weight is 650 g/mol. The number of aromatic carboxylic acids is 1. The Morgan fingerprint density at radius 1 is 1.18 bits per heavy atom. The van der Waals surface area contributed by atoms with E-state index in [9.17, 15) is 27.9 Å². The van der Waals surface area contributed by atoms with E-state index in [2.05, 4.69) is 32.2 Å². The minimum Gasteiger partial charge on any atom is -0.477 e. The molecule has 1 aromatic carbocycles. The van der Waals surface area contributed by atoms with Gasteiger partial charge in [0.2, 0.25) is 5.95 Å². The number of hydrogen-bond donors (Lipinski definition) is 2. The topological polar surface area (TPSA) is 126 Å². The zero-order valence-electron chi connectivity index (χ0n) is 25.3. The van der Waals surface area contributed by atoms with Crippen molar-refractivity contribution in [3.8, 4) is 0 Å². The lowest BCUT2D eigenvalue weighted by atomic mass is 9.98. The molecular formula is C30H35ClF3N7O4. The van der Waals surface area contributed by atoms with Gasteiger partial charge in [-0.15, -0.1) is 0 Å². The number of nitrogens with one attached hydrogen (secondary N) is 1. The van der Waals surface area contributed by atoms with Crippen LogP contribution in [0.2, 0.25) is 5.02 Å². The third-order valence-corrected chi connectivity index (χ3v) is 8.67. The van der Waals surface area contributed by atoms with Gasteiger partial charge in [-0.25, -0.2) is 14.8 Å². The maximum atomic E-state index is 13.4. The lowest BCUT2D eigenvalue weighted by Crippen LogP contribution is -2.44. The number of benzene rings is 1. The van der Waals surface area contributed by atoms with E-state index in [-0.39, 0.29) is 42.3 Å². The number of ether oxygens (including phenoxy) is 1. The monoisotopic (exact) mass is 649 g/mol. The van der Waals surface area contributed by atoms with E-state index >= 15 is 0 Å². The second-order valence-corrected chi connectivity index (χ2v) is 12.0. The fourth-order valence-corrected chi connectivity index (χ4v) is 5.92. The molecule has 1 amide bonds. The van der Waals surface area contributed by atoms with Crippen molar-refractivity contribution in [1.29, 1.82) is 0 Å². The van der Waals surface area contributed by atoms with Crippen molar-refractivity contribution in [2.45, 2.75) is 71.0 Å². The van der Waals surface area contributed by atoms with Gasteiger partial charge in [-0.05, 0) is 45.9 Å². The van der Waals surface area contributed by atoms with E-state index < -0.39 is 34.7 Å². The highest BCUT2D eigenvalue weighted by atomic mass is 35.5. The third-order valence-electron chi connectivity index (χ3n) is 8.34. The number of rotatable bonds is 8. The number of nitrogens with zero attached hydrogens (tertiary/aromatic N) is 6. The Morgan fingerprint density at radius 3 is 2.53 bits per heavy atom. The molecule has 0 radical (unpaired) electrons. The SMILES string of the molecule is CC(NC[C@@H](C)n1nc2c(c1C(=O)O)CN(C(=O)c1ccc(Cl)c(C(F)(F)F)c1)[C@H](C)C2)c1cnc(N2CCOC[C@@H]2C)nc1. The molecule has 4 atom stereocenters. The molecule has 5 rings (SSSR count). The molecule has 0 spiro atoms. The molecule has 11 nitrogen and oxygen atoms in total. The number of fused-ring (bicyclic) bond motifs is 1. The highest BCUT2D eigenvalue weighted by Crippen LogP contribution is 2.36. The fraction of sp³-hybridized carbons (Fsp3) is 0.500. The van der Waals surface area contributed by atoms with Crippen LogP contribution in [-0.4, -0.2) is 80.0 Å². The van der Waals surface area contributed by atoms with Crippen LogP contribution in [0.4, 0.5) is 19.1 Å². The van der Waals surface area contributed by atoms with Crippen LogP contribution in [0, 0.1) is 0 Å². The van der Waals surface area contributed by atoms with Gasteiger partial charge in [-0.2, -0.15) is 18.3 Å². The first-order valence-corrected chi connectivity index (χ1v) is 15.0. The summed E-state index contributed by atoms with van der Waals surface area (Å²) < 4.78 is 47.2. The summed E-state index contributed by atoms with van der Waals surface area (Å²) >= 11 is 5.74. The van der Waals surface area contributed by atoms with Gasteiger partial charge in [0.1, 0.15) is 0 Å². The lowest BCUT2D eigenvalue weighted by molar-refractivity contribution is -0.137. The predicted octanol–water partition coefficient (Wildman–Crippen LogP) is 4.77. The molecule has 2 aliphatic heterocycles. The van der Waals surface area contributed by atoms with Gasteiger partial charge in [0.05, 0.1) is 48.1 Å². The zero-order valence-corrected chi connectivity index (χ0v) is 26.1. The Labute approximate surface area is 263 Å². The highest BCUT2D eigenvalue weighted by molar-refractivity contribution is 6.31. The van der Waals surface area contributed by atoms with Gasteiger partial charge in [0.15, 0.2) is 5.69 Å². The van der Waals surface area contributed by atoms with Crippen LogP contribution in [0.15, 0.2) is 30.6 Å². The first kappa shape index (κ1) is 32.6. The van der Waals surface area contributed by atoms with Gasteiger partial charge in [-0.1, -0.05) is 11.6 Å². The van der Waals surface area contributed by atoms with Crippen molar-refractivity contribution in [3.05, 3.63) is 69.3 Å². The summed E-state index contributed by atoms with van der Waals surface area (Å²) in [6.45, 7) is 9.83. The van der Waals surface area contributed by atoms with E-state index in [0.717, 1.165) is 24.2 Å². The number of alkyl halides is 3. The maximum absolute atomic E-state index is 13.4. The molecule has 15 heteroatoms. The Morgan fingerprint density at radius 2 is 1.89 bits per heavy atom. The van der Waals surface area contributed by atoms with Crippen molar-refractivity contribution in [3.63, 3.8) is 0 Å². The second kappa shape index (κ2) is 12.9. The Balaban J connectivity index is 1.30. The van der Waals surface area contributed by atoms with E-state index in [1.807, 2.05) is 13.8 Å². The molecule has 2 aliphatic rings. The number of carboxylic acid groups (broad SMARTS) is 1. The predicted molar refractivity (Wildman–Crippen MR) is 159 cm³/mol. The van der Waals surface area contributed by atoms with Crippen LogP contribution in [0.25, 0.3) is 0 Å². The summed E-state index contributed by atoms with van der Waals surface area (Å²) in [4.78, 5) is 38.4. The van der Waals surface area contributed by atoms with Crippen LogP contribution in [0.3, 0.4) is 0 Å². The van der Waals surface area contributed by atoms with E-state index in [1.54, 1.807) is 19.3 Å². The quantitative estimate of drug-likeness (QED) is 0.355. The third kappa shape index (κ3) is 6.77. The molecule has 0 saturated carbocycles. The molecule has 1 fully saturated rings. The van der Waals surface area contributed by atoms with Crippen molar-refractivity contribution in [2.75, 3.05) is 31.2 Å². The average Bonchev–Trinajstić information content (AvgIpc) is 3.37. The Bertz CT molecular complexity index is 1570. The number of carbonyl (C=O) groups is 2.